The molecule has 2 fully saturated rings. The highest BCUT2D eigenvalue weighted by atomic mass is 16.5. The molecule has 0 aliphatic carbocycles. The third-order valence-corrected chi connectivity index (χ3v) is 5.16. The molecule has 23 heavy (non-hydrogen) atoms. The lowest BCUT2D eigenvalue weighted by molar-refractivity contribution is -0.134. The second kappa shape index (κ2) is 7.01. The Morgan fingerprint density at radius 2 is 2.17 bits per heavy atom. The summed E-state index contributed by atoms with van der Waals surface area (Å²) >= 11 is 0. The van der Waals surface area contributed by atoms with Crippen LogP contribution in [0.5, 0.6) is 0 Å². The molecule has 0 saturated carbocycles. The first kappa shape index (κ1) is 16.5. The average molecular weight is 320 g/mol. The van der Waals surface area contributed by atoms with E-state index in [1.807, 2.05) is 28.9 Å². The first-order valence-corrected chi connectivity index (χ1v) is 8.65. The molecule has 2 aliphatic rings. The predicted octanol–water partition coefficient (Wildman–Crippen LogP) is 1.58. The topological polar surface area (TPSA) is 50.6 Å². The summed E-state index contributed by atoms with van der Waals surface area (Å²) in [5, 5.41) is 0. The van der Waals surface area contributed by atoms with Gasteiger partial charge in [-0.3, -0.25) is 9.69 Å². The van der Waals surface area contributed by atoms with Gasteiger partial charge >= 0.3 is 0 Å². The fraction of sp³-hybridized carbons (Fsp3) is 0.765. The second-order valence-electron chi connectivity index (χ2n) is 6.92. The molecule has 1 amide bonds. The zero-order valence-electron chi connectivity index (χ0n) is 14.4. The second-order valence-corrected chi connectivity index (χ2v) is 6.92. The molecule has 2 saturated heterocycles. The van der Waals surface area contributed by atoms with Gasteiger partial charge in [-0.2, -0.15) is 0 Å². The van der Waals surface area contributed by atoms with Crippen LogP contribution in [-0.4, -0.2) is 64.1 Å². The monoisotopic (exact) mass is 320 g/mol. The van der Waals surface area contributed by atoms with Gasteiger partial charge in [0.15, 0.2) is 0 Å². The average Bonchev–Trinajstić information content (AvgIpc) is 3.14. The van der Waals surface area contributed by atoms with E-state index in [1.165, 1.54) is 0 Å². The zero-order chi connectivity index (χ0) is 16.4. The fourth-order valence-corrected chi connectivity index (χ4v) is 3.62. The summed E-state index contributed by atoms with van der Waals surface area (Å²) in [6.07, 6.45) is 8.06. The molecular weight excluding hydrogens is 292 g/mol. The van der Waals surface area contributed by atoms with Crippen molar-refractivity contribution in [1.82, 2.24) is 19.4 Å². The molecule has 0 N–H and O–H groups in total. The molecule has 0 spiro atoms. The van der Waals surface area contributed by atoms with Crippen molar-refractivity contribution in [3.8, 4) is 0 Å². The van der Waals surface area contributed by atoms with Crippen LogP contribution >= 0.6 is 0 Å². The highest BCUT2D eigenvalue weighted by Gasteiger charge is 2.31. The Labute approximate surface area is 138 Å². The van der Waals surface area contributed by atoms with E-state index in [9.17, 15) is 4.79 Å². The van der Waals surface area contributed by atoms with Crippen LogP contribution in [-0.2, 0) is 16.6 Å². The first-order valence-electron chi connectivity index (χ1n) is 8.65. The molecule has 3 rings (SSSR count). The number of piperazine rings is 1. The van der Waals surface area contributed by atoms with E-state index < -0.39 is 0 Å². The lowest BCUT2D eigenvalue weighted by atomic mass is 10.1. The van der Waals surface area contributed by atoms with Crippen LogP contribution in [0.2, 0.25) is 0 Å². The number of rotatable bonds is 4. The van der Waals surface area contributed by atoms with Crippen molar-refractivity contribution in [2.75, 3.05) is 26.7 Å². The Hall–Kier alpha value is -1.40. The maximum Gasteiger partial charge on any atom is 0.222 e. The Bertz CT molecular complexity index is 544. The van der Waals surface area contributed by atoms with Gasteiger partial charge in [0.05, 0.1) is 18.2 Å². The van der Waals surface area contributed by atoms with Gasteiger partial charge in [0.25, 0.3) is 0 Å². The SMILES string of the molecule is C[C@@H]1CC[C@@H](CCC(=O)N2CCN(C)[C@H](c3nccn3C)C2)O1. The van der Waals surface area contributed by atoms with E-state index >= 15 is 0 Å². The third-order valence-electron chi connectivity index (χ3n) is 5.16. The van der Waals surface area contributed by atoms with Gasteiger partial charge in [-0.1, -0.05) is 0 Å². The summed E-state index contributed by atoms with van der Waals surface area (Å²) in [6.45, 7) is 4.53. The number of likely N-dealkylation sites (N-methyl/N-ethyl adjacent to an activating group) is 1. The molecule has 1 aromatic heterocycles. The number of imidazole rings is 1. The maximum absolute atomic E-state index is 12.6. The standard InChI is InChI=1S/C17H28N4O2/c1-13-4-5-14(23-13)6-7-16(22)21-11-10-19(2)15(12-21)17-18-8-9-20(17)3/h8-9,13-15H,4-7,10-12H2,1-3H3/t13-,14+,15+/m1/s1. The van der Waals surface area contributed by atoms with Crippen molar-refractivity contribution < 1.29 is 9.53 Å². The number of carbonyl (C=O) groups is 1. The molecule has 0 aromatic carbocycles. The Morgan fingerprint density at radius 3 is 2.83 bits per heavy atom. The van der Waals surface area contributed by atoms with E-state index in [0.29, 0.717) is 12.5 Å². The number of aromatic nitrogens is 2. The molecule has 3 atom stereocenters. The van der Waals surface area contributed by atoms with Crippen LogP contribution in [0.25, 0.3) is 0 Å². The molecule has 6 heteroatoms. The number of hydrogen-bond donors (Lipinski definition) is 0. The number of carbonyl (C=O) groups excluding carboxylic acids is 1. The first-order chi connectivity index (χ1) is 11.0. The predicted molar refractivity (Wildman–Crippen MR) is 88.0 cm³/mol. The summed E-state index contributed by atoms with van der Waals surface area (Å²) in [6, 6.07) is 0.176. The quantitative estimate of drug-likeness (QED) is 0.845. The molecule has 0 radical (unpaired) electrons. The summed E-state index contributed by atoms with van der Waals surface area (Å²) in [7, 11) is 4.12. The van der Waals surface area contributed by atoms with E-state index in [4.69, 9.17) is 4.74 Å². The third kappa shape index (κ3) is 3.75. The van der Waals surface area contributed by atoms with Crippen molar-refractivity contribution in [2.45, 2.75) is 50.9 Å². The van der Waals surface area contributed by atoms with E-state index in [-0.39, 0.29) is 18.1 Å². The molecule has 128 valence electrons. The smallest absolute Gasteiger partial charge is 0.222 e. The Kier molecular flexibility index (Phi) is 5.02. The van der Waals surface area contributed by atoms with Gasteiger partial charge in [0, 0.05) is 45.5 Å². The van der Waals surface area contributed by atoms with E-state index in [0.717, 1.165) is 44.7 Å². The van der Waals surface area contributed by atoms with Crippen LogP contribution in [0.4, 0.5) is 0 Å². The highest BCUT2D eigenvalue weighted by molar-refractivity contribution is 5.76. The highest BCUT2D eigenvalue weighted by Crippen LogP contribution is 2.25. The number of ether oxygens (including phenoxy) is 1. The molecule has 2 aliphatic heterocycles. The molecule has 6 nitrogen and oxygen atoms in total. The van der Waals surface area contributed by atoms with Crippen LogP contribution in [0.3, 0.4) is 0 Å². The van der Waals surface area contributed by atoms with Crippen LogP contribution < -0.4 is 0 Å². The summed E-state index contributed by atoms with van der Waals surface area (Å²) in [4.78, 5) is 21.3. The van der Waals surface area contributed by atoms with Crippen LogP contribution in [0.1, 0.15) is 44.5 Å². The van der Waals surface area contributed by atoms with E-state index in [1.54, 1.807) is 0 Å². The molecular formula is C17H28N4O2. The molecule has 3 heterocycles. The molecule has 0 bridgehead atoms. The Morgan fingerprint density at radius 1 is 1.35 bits per heavy atom. The van der Waals surface area contributed by atoms with Crippen LogP contribution in [0.15, 0.2) is 12.4 Å². The lowest BCUT2D eigenvalue weighted by Gasteiger charge is -2.39. The fourth-order valence-electron chi connectivity index (χ4n) is 3.62. The number of nitrogens with zero attached hydrogens (tertiary/aromatic N) is 4. The normalized spacial score (nSPS) is 29.2. The van der Waals surface area contributed by atoms with Crippen LogP contribution in [0, 0.1) is 0 Å². The van der Waals surface area contributed by atoms with Crippen molar-refractivity contribution in [1.29, 1.82) is 0 Å². The van der Waals surface area contributed by atoms with Crippen molar-refractivity contribution in [3.05, 3.63) is 18.2 Å². The van der Waals surface area contributed by atoms with Gasteiger partial charge < -0.3 is 14.2 Å². The van der Waals surface area contributed by atoms with Gasteiger partial charge in [-0.15, -0.1) is 0 Å². The minimum atomic E-state index is 0.176. The van der Waals surface area contributed by atoms with E-state index in [2.05, 4.69) is 23.9 Å². The van der Waals surface area contributed by atoms with Crippen molar-refractivity contribution in [3.63, 3.8) is 0 Å². The summed E-state index contributed by atoms with van der Waals surface area (Å²) in [5.41, 5.74) is 0. The zero-order valence-corrected chi connectivity index (χ0v) is 14.4. The van der Waals surface area contributed by atoms with Gasteiger partial charge in [0.1, 0.15) is 5.82 Å². The van der Waals surface area contributed by atoms with Gasteiger partial charge in [-0.05, 0) is 33.2 Å². The van der Waals surface area contributed by atoms with Gasteiger partial charge in [-0.25, -0.2) is 4.98 Å². The van der Waals surface area contributed by atoms with Crippen molar-refractivity contribution >= 4 is 5.91 Å². The van der Waals surface area contributed by atoms with Gasteiger partial charge in [0.2, 0.25) is 5.91 Å². The number of aryl methyl sites for hydroxylation is 1. The summed E-state index contributed by atoms with van der Waals surface area (Å²) in [5.74, 6) is 1.28. The Balaban J connectivity index is 1.55. The summed E-state index contributed by atoms with van der Waals surface area (Å²) < 4.78 is 7.86. The minimum absolute atomic E-state index is 0.176. The lowest BCUT2D eigenvalue weighted by Crippen LogP contribution is -2.49. The maximum atomic E-state index is 12.6. The number of amides is 1. The largest absolute Gasteiger partial charge is 0.375 e. The van der Waals surface area contributed by atoms with Crippen molar-refractivity contribution in [2.24, 2.45) is 7.05 Å². The number of hydrogen-bond acceptors (Lipinski definition) is 4. The molecule has 0 unspecified atom stereocenters. The molecule has 1 aromatic rings. The minimum Gasteiger partial charge on any atom is -0.375 e.